The average Bonchev–Trinajstić information content (AvgIpc) is 2.68. The van der Waals surface area contributed by atoms with Crippen molar-refractivity contribution in [2.24, 2.45) is 0 Å². The van der Waals surface area contributed by atoms with Crippen molar-refractivity contribution in [2.45, 2.75) is 13.8 Å². The minimum Gasteiger partial charge on any atom is -0.493 e. The van der Waals surface area contributed by atoms with E-state index in [2.05, 4.69) is 5.10 Å². The molecule has 0 bridgehead atoms. The first kappa shape index (κ1) is 12.3. The Morgan fingerprint density at radius 2 is 1.67 bits per heavy atom. The Labute approximate surface area is 106 Å². The maximum Gasteiger partial charge on any atom is 0.163 e. The Balaban J connectivity index is 2.61. The summed E-state index contributed by atoms with van der Waals surface area (Å²) in [5.74, 6) is 1.24. The van der Waals surface area contributed by atoms with Crippen molar-refractivity contribution in [2.75, 3.05) is 20.0 Å². The van der Waals surface area contributed by atoms with Crippen molar-refractivity contribution < 1.29 is 9.47 Å². The number of methoxy groups -OCH3 is 2. The van der Waals surface area contributed by atoms with Crippen LogP contribution in [0.5, 0.6) is 11.5 Å². The number of rotatable bonds is 3. The SMILES string of the molecule is COc1cc(N)c(-n2nc(C)cc2C)cc1OC. The summed E-state index contributed by atoms with van der Waals surface area (Å²) in [6, 6.07) is 5.56. The summed E-state index contributed by atoms with van der Waals surface area (Å²) >= 11 is 0. The Morgan fingerprint density at radius 3 is 2.17 bits per heavy atom. The summed E-state index contributed by atoms with van der Waals surface area (Å²) in [6.45, 7) is 3.93. The molecule has 0 saturated heterocycles. The molecule has 0 spiro atoms. The molecule has 0 aliphatic rings. The molecule has 0 atom stereocenters. The number of aryl methyl sites for hydroxylation is 2. The third-order valence-corrected chi connectivity index (χ3v) is 2.77. The summed E-state index contributed by atoms with van der Waals surface area (Å²) in [5.41, 5.74) is 9.39. The van der Waals surface area contributed by atoms with E-state index < -0.39 is 0 Å². The molecule has 0 saturated carbocycles. The third-order valence-electron chi connectivity index (χ3n) is 2.77. The molecule has 0 amide bonds. The molecule has 0 unspecified atom stereocenters. The highest BCUT2D eigenvalue weighted by Crippen LogP contribution is 2.34. The molecule has 0 aliphatic heterocycles. The summed E-state index contributed by atoms with van der Waals surface area (Å²) in [7, 11) is 3.18. The third kappa shape index (κ3) is 1.99. The van der Waals surface area contributed by atoms with Gasteiger partial charge < -0.3 is 15.2 Å². The van der Waals surface area contributed by atoms with E-state index in [4.69, 9.17) is 15.2 Å². The van der Waals surface area contributed by atoms with Gasteiger partial charge in [0, 0.05) is 17.8 Å². The van der Waals surface area contributed by atoms with E-state index >= 15 is 0 Å². The van der Waals surface area contributed by atoms with Crippen molar-refractivity contribution in [3.05, 3.63) is 29.6 Å². The standard InChI is InChI=1S/C13H17N3O2/c1-8-5-9(2)16(15-8)11-7-13(18-4)12(17-3)6-10(11)14/h5-7H,14H2,1-4H3. The molecule has 2 rings (SSSR count). The number of aromatic nitrogens is 2. The summed E-state index contributed by atoms with van der Waals surface area (Å²) in [5, 5.41) is 4.41. The highest BCUT2D eigenvalue weighted by molar-refractivity contribution is 5.65. The largest absolute Gasteiger partial charge is 0.493 e. The monoisotopic (exact) mass is 247 g/mol. The van der Waals surface area contributed by atoms with Gasteiger partial charge in [0.25, 0.3) is 0 Å². The van der Waals surface area contributed by atoms with Gasteiger partial charge in [-0.2, -0.15) is 5.10 Å². The number of hydrogen-bond acceptors (Lipinski definition) is 4. The van der Waals surface area contributed by atoms with Crippen LogP contribution in [-0.2, 0) is 0 Å². The fraction of sp³-hybridized carbons (Fsp3) is 0.308. The van der Waals surface area contributed by atoms with Gasteiger partial charge in [-0.3, -0.25) is 0 Å². The van der Waals surface area contributed by atoms with Crippen LogP contribution in [0.1, 0.15) is 11.4 Å². The lowest BCUT2D eigenvalue weighted by Crippen LogP contribution is -2.05. The fourth-order valence-electron chi connectivity index (χ4n) is 1.94. The zero-order valence-corrected chi connectivity index (χ0v) is 11.0. The van der Waals surface area contributed by atoms with Gasteiger partial charge in [-0.1, -0.05) is 0 Å². The van der Waals surface area contributed by atoms with E-state index in [0.29, 0.717) is 17.2 Å². The molecule has 1 aromatic heterocycles. The van der Waals surface area contributed by atoms with Crippen LogP contribution in [0.2, 0.25) is 0 Å². The van der Waals surface area contributed by atoms with Crippen molar-refractivity contribution in [3.8, 4) is 17.2 Å². The lowest BCUT2D eigenvalue weighted by molar-refractivity contribution is 0.355. The summed E-state index contributed by atoms with van der Waals surface area (Å²) in [6.07, 6.45) is 0. The zero-order chi connectivity index (χ0) is 13.3. The minimum absolute atomic E-state index is 0.596. The Bertz CT molecular complexity index is 576. The predicted octanol–water partition coefficient (Wildman–Crippen LogP) is 2.09. The first-order valence-corrected chi connectivity index (χ1v) is 5.62. The molecule has 2 aromatic rings. The van der Waals surface area contributed by atoms with Crippen molar-refractivity contribution in [1.82, 2.24) is 9.78 Å². The fourth-order valence-corrected chi connectivity index (χ4v) is 1.94. The highest BCUT2D eigenvalue weighted by Gasteiger charge is 2.13. The molecule has 1 heterocycles. The topological polar surface area (TPSA) is 62.3 Å². The van der Waals surface area contributed by atoms with Gasteiger partial charge in [-0.25, -0.2) is 4.68 Å². The first-order valence-electron chi connectivity index (χ1n) is 5.62. The average molecular weight is 247 g/mol. The van der Waals surface area contributed by atoms with Crippen LogP contribution in [0, 0.1) is 13.8 Å². The lowest BCUT2D eigenvalue weighted by atomic mass is 10.2. The van der Waals surface area contributed by atoms with Gasteiger partial charge in [-0.15, -0.1) is 0 Å². The van der Waals surface area contributed by atoms with Crippen LogP contribution in [0.3, 0.4) is 0 Å². The van der Waals surface area contributed by atoms with Gasteiger partial charge in [0.05, 0.1) is 31.3 Å². The second kappa shape index (κ2) is 4.60. The first-order chi connectivity index (χ1) is 8.56. The van der Waals surface area contributed by atoms with Crippen molar-refractivity contribution in [3.63, 3.8) is 0 Å². The molecule has 0 aliphatic carbocycles. The van der Waals surface area contributed by atoms with E-state index in [9.17, 15) is 0 Å². The van der Waals surface area contributed by atoms with Crippen LogP contribution in [0.15, 0.2) is 18.2 Å². The van der Waals surface area contributed by atoms with Gasteiger partial charge in [0.15, 0.2) is 11.5 Å². The zero-order valence-electron chi connectivity index (χ0n) is 11.0. The number of anilines is 1. The molecule has 5 heteroatoms. The molecular weight excluding hydrogens is 230 g/mol. The molecule has 5 nitrogen and oxygen atoms in total. The van der Waals surface area contributed by atoms with E-state index in [1.54, 1.807) is 25.0 Å². The second-order valence-corrected chi connectivity index (χ2v) is 4.10. The maximum atomic E-state index is 6.03. The van der Waals surface area contributed by atoms with Crippen LogP contribution < -0.4 is 15.2 Å². The normalized spacial score (nSPS) is 10.4. The molecule has 0 radical (unpaired) electrons. The quantitative estimate of drug-likeness (QED) is 0.843. The minimum atomic E-state index is 0.596. The molecule has 96 valence electrons. The Hall–Kier alpha value is -2.17. The van der Waals surface area contributed by atoms with E-state index in [1.165, 1.54) is 0 Å². The number of ether oxygens (including phenoxy) is 2. The molecule has 1 aromatic carbocycles. The molecular formula is C13H17N3O2. The van der Waals surface area contributed by atoms with Gasteiger partial charge in [0.2, 0.25) is 0 Å². The van der Waals surface area contributed by atoms with Crippen LogP contribution in [0.4, 0.5) is 5.69 Å². The number of hydrogen-bond donors (Lipinski definition) is 1. The second-order valence-electron chi connectivity index (χ2n) is 4.10. The smallest absolute Gasteiger partial charge is 0.163 e. The van der Waals surface area contributed by atoms with Gasteiger partial charge in [0.1, 0.15) is 0 Å². The molecule has 0 fully saturated rings. The number of nitrogens with zero attached hydrogens (tertiary/aromatic N) is 2. The number of benzene rings is 1. The molecule has 18 heavy (non-hydrogen) atoms. The van der Waals surface area contributed by atoms with Crippen LogP contribution >= 0.6 is 0 Å². The van der Waals surface area contributed by atoms with Crippen molar-refractivity contribution >= 4 is 5.69 Å². The molecule has 2 N–H and O–H groups in total. The Morgan fingerprint density at radius 1 is 1.06 bits per heavy atom. The van der Waals surface area contributed by atoms with Gasteiger partial charge >= 0.3 is 0 Å². The Kier molecular flexibility index (Phi) is 3.14. The maximum absolute atomic E-state index is 6.03. The van der Waals surface area contributed by atoms with E-state index in [1.807, 2.05) is 26.0 Å². The van der Waals surface area contributed by atoms with Gasteiger partial charge in [-0.05, 0) is 19.9 Å². The summed E-state index contributed by atoms with van der Waals surface area (Å²) in [4.78, 5) is 0. The van der Waals surface area contributed by atoms with Crippen LogP contribution in [-0.4, -0.2) is 24.0 Å². The van der Waals surface area contributed by atoms with E-state index in [0.717, 1.165) is 17.1 Å². The highest BCUT2D eigenvalue weighted by atomic mass is 16.5. The number of nitrogen functional groups attached to an aromatic ring is 1. The van der Waals surface area contributed by atoms with Crippen molar-refractivity contribution in [1.29, 1.82) is 0 Å². The van der Waals surface area contributed by atoms with Crippen LogP contribution in [0.25, 0.3) is 5.69 Å². The number of nitrogens with two attached hydrogens (primary N) is 1. The lowest BCUT2D eigenvalue weighted by Gasteiger charge is -2.13. The summed E-state index contributed by atoms with van der Waals surface area (Å²) < 4.78 is 12.3. The predicted molar refractivity (Wildman–Crippen MR) is 70.6 cm³/mol. The van der Waals surface area contributed by atoms with E-state index in [-0.39, 0.29) is 0 Å².